The highest BCUT2D eigenvalue weighted by atomic mass is 35.5. The molecule has 0 spiro atoms. The van der Waals surface area contributed by atoms with E-state index in [0.29, 0.717) is 34.3 Å². The summed E-state index contributed by atoms with van der Waals surface area (Å²) >= 11 is 6.23. The minimum absolute atomic E-state index is 0.291. The zero-order valence-electron chi connectivity index (χ0n) is 15.0. The van der Waals surface area contributed by atoms with Crippen molar-refractivity contribution in [2.24, 2.45) is 5.10 Å². The lowest BCUT2D eigenvalue weighted by Gasteiger charge is -2.11. The molecule has 0 unspecified atom stereocenters. The van der Waals surface area contributed by atoms with Gasteiger partial charge in [-0.25, -0.2) is 5.43 Å². The van der Waals surface area contributed by atoms with Crippen LogP contribution in [0.1, 0.15) is 22.8 Å². The van der Waals surface area contributed by atoms with E-state index >= 15 is 0 Å². The van der Waals surface area contributed by atoms with Crippen molar-refractivity contribution >= 4 is 34.5 Å². The SMILES string of the molecule is CCOc1c(Cl)cc(C=NNC(=O)c2ccc3ccccc3c2)cc1OC. The number of nitrogens with zero attached hydrogens (tertiary/aromatic N) is 1. The second-order valence-electron chi connectivity index (χ2n) is 5.73. The van der Waals surface area contributed by atoms with Crippen LogP contribution in [0, 0.1) is 0 Å². The Hall–Kier alpha value is -3.05. The summed E-state index contributed by atoms with van der Waals surface area (Å²) in [6, 6.07) is 16.8. The normalized spacial score (nSPS) is 10.9. The van der Waals surface area contributed by atoms with E-state index in [-0.39, 0.29) is 5.91 Å². The molecule has 0 radical (unpaired) electrons. The number of hydrogen-bond acceptors (Lipinski definition) is 4. The first-order chi connectivity index (χ1) is 13.1. The lowest BCUT2D eigenvalue weighted by atomic mass is 10.1. The maximum Gasteiger partial charge on any atom is 0.271 e. The lowest BCUT2D eigenvalue weighted by Crippen LogP contribution is -2.17. The number of amides is 1. The number of benzene rings is 3. The van der Waals surface area contributed by atoms with Gasteiger partial charge in [0, 0.05) is 5.56 Å². The summed E-state index contributed by atoms with van der Waals surface area (Å²) in [5, 5.41) is 6.50. The van der Waals surface area contributed by atoms with Crippen molar-refractivity contribution in [3.05, 3.63) is 70.7 Å². The monoisotopic (exact) mass is 382 g/mol. The summed E-state index contributed by atoms with van der Waals surface area (Å²) in [5.41, 5.74) is 3.74. The van der Waals surface area contributed by atoms with Gasteiger partial charge in [-0.05, 0) is 47.5 Å². The third-order valence-electron chi connectivity index (χ3n) is 3.93. The molecule has 0 aliphatic rings. The van der Waals surface area contributed by atoms with E-state index in [1.807, 2.05) is 43.3 Å². The van der Waals surface area contributed by atoms with Crippen LogP contribution in [0.15, 0.2) is 59.7 Å². The highest BCUT2D eigenvalue weighted by molar-refractivity contribution is 6.32. The molecule has 27 heavy (non-hydrogen) atoms. The van der Waals surface area contributed by atoms with Gasteiger partial charge >= 0.3 is 0 Å². The van der Waals surface area contributed by atoms with Crippen LogP contribution in [0.5, 0.6) is 11.5 Å². The van der Waals surface area contributed by atoms with Crippen LogP contribution in [0.3, 0.4) is 0 Å². The Balaban J connectivity index is 1.74. The molecule has 0 bridgehead atoms. The molecule has 3 aromatic carbocycles. The molecule has 5 nitrogen and oxygen atoms in total. The molecular formula is C21H19ClN2O3. The zero-order valence-corrected chi connectivity index (χ0v) is 15.8. The molecule has 3 aromatic rings. The number of carbonyl (C=O) groups is 1. The predicted octanol–water partition coefficient (Wildman–Crippen LogP) is 4.66. The van der Waals surface area contributed by atoms with Gasteiger partial charge in [0.25, 0.3) is 5.91 Å². The number of rotatable bonds is 6. The van der Waals surface area contributed by atoms with E-state index < -0.39 is 0 Å². The number of nitrogens with one attached hydrogen (secondary N) is 1. The van der Waals surface area contributed by atoms with E-state index in [4.69, 9.17) is 21.1 Å². The number of fused-ring (bicyclic) bond motifs is 1. The Morgan fingerprint density at radius 1 is 1.15 bits per heavy atom. The smallest absolute Gasteiger partial charge is 0.271 e. The summed E-state index contributed by atoms with van der Waals surface area (Å²) in [6.07, 6.45) is 1.50. The van der Waals surface area contributed by atoms with Crippen molar-refractivity contribution < 1.29 is 14.3 Å². The van der Waals surface area contributed by atoms with Crippen molar-refractivity contribution in [3.8, 4) is 11.5 Å². The summed E-state index contributed by atoms with van der Waals surface area (Å²) in [7, 11) is 1.54. The fourth-order valence-electron chi connectivity index (χ4n) is 2.66. The van der Waals surface area contributed by atoms with Gasteiger partial charge in [-0.2, -0.15) is 5.10 Å². The van der Waals surface area contributed by atoms with Gasteiger partial charge in [-0.15, -0.1) is 0 Å². The Kier molecular flexibility index (Phi) is 5.94. The number of hydrazone groups is 1. The number of ether oxygens (including phenoxy) is 2. The van der Waals surface area contributed by atoms with Gasteiger partial charge in [0.1, 0.15) is 0 Å². The van der Waals surface area contributed by atoms with Gasteiger partial charge in [-0.1, -0.05) is 41.9 Å². The molecule has 1 amide bonds. The van der Waals surface area contributed by atoms with Crippen LogP contribution in [-0.2, 0) is 0 Å². The molecule has 0 saturated heterocycles. The van der Waals surface area contributed by atoms with E-state index in [2.05, 4.69) is 10.5 Å². The molecule has 6 heteroatoms. The lowest BCUT2D eigenvalue weighted by molar-refractivity contribution is 0.0955. The summed E-state index contributed by atoms with van der Waals surface area (Å²) in [6.45, 7) is 2.35. The minimum Gasteiger partial charge on any atom is -0.493 e. The third-order valence-corrected chi connectivity index (χ3v) is 4.21. The van der Waals surface area contributed by atoms with Crippen molar-refractivity contribution in [1.82, 2.24) is 5.43 Å². The first-order valence-corrected chi connectivity index (χ1v) is 8.82. The molecule has 0 aromatic heterocycles. The number of hydrogen-bond donors (Lipinski definition) is 1. The van der Waals surface area contributed by atoms with Gasteiger partial charge < -0.3 is 9.47 Å². The first-order valence-electron chi connectivity index (χ1n) is 8.45. The fraction of sp³-hybridized carbons (Fsp3) is 0.143. The molecule has 0 aliphatic carbocycles. The first kappa shape index (κ1) is 18.7. The molecule has 1 N–H and O–H groups in total. The number of methoxy groups -OCH3 is 1. The average molecular weight is 383 g/mol. The summed E-state index contributed by atoms with van der Waals surface area (Å²) < 4.78 is 10.8. The topological polar surface area (TPSA) is 59.9 Å². The Labute approximate surface area is 162 Å². The second-order valence-corrected chi connectivity index (χ2v) is 6.14. The van der Waals surface area contributed by atoms with E-state index in [0.717, 1.165) is 10.8 Å². The van der Waals surface area contributed by atoms with Crippen molar-refractivity contribution in [2.45, 2.75) is 6.92 Å². The Bertz CT molecular complexity index is 1000. The fourth-order valence-corrected chi connectivity index (χ4v) is 2.93. The number of halogens is 1. The molecule has 0 fully saturated rings. The molecule has 0 saturated carbocycles. The van der Waals surface area contributed by atoms with Gasteiger partial charge in [0.15, 0.2) is 11.5 Å². The molecule has 0 atom stereocenters. The molecule has 0 heterocycles. The molecule has 3 rings (SSSR count). The van der Waals surface area contributed by atoms with E-state index in [1.54, 1.807) is 18.2 Å². The quantitative estimate of drug-likeness (QED) is 0.498. The van der Waals surface area contributed by atoms with Crippen molar-refractivity contribution in [1.29, 1.82) is 0 Å². The average Bonchev–Trinajstić information content (AvgIpc) is 2.69. The van der Waals surface area contributed by atoms with Crippen LogP contribution in [-0.4, -0.2) is 25.8 Å². The summed E-state index contributed by atoms with van der Waals surface area (Å²) in [5.74, 6) is 0.701. The predicted molar refractivity (Wildman–Crippen MR) is 108 cm³/mol. The molecule has 138 valence electrons. The standard InChI is InChI=1S/C21H19ClN2O3/c1-3-27-20-18(22)10-14(11-19(20)26-2)13-23-24-21(25)17-9-8-15-6-4-5-7-16(15)12-17/h4-13H,3H2,1-2H3,(H,24,25). The van der Waals surface area contributed by atoms with Crippen LogP contribution in [0.4, 0.5) is 0 Å². The maximum atomic E-state index is 12.3. The Morgan fingerprint density at radius 3 is 2.67 bits per heavy atom. The van der Waals surface area contributed by atoms with Crippen LogP contribution >= 0.6 is 11.6 Å². The molecular weight excluding hydrogens is 364 g/mol. The van der Waals surface area contributed by atoms with Crippen LogP contribution < -0.4 is 14.9 Å². The van der Waals surface area contributed by atoms with Crippen molar-refractivity contribution in [2.75, 3.05) is 13.7 Å². The Morgan fingerprint density at radius 2 is 1.93 bits per heavy atom. The van der Waals surface area contributed by atoms with E-state index in [1.165, 1.54) is 13.3 Å². The number of carbonyl (C=O) groups excluding carboxylic acids is 1. The van der Waals surface area contributed by atoms with Crippen LogP contribution in [0.2, 0.25) is 5.02 Å². The van der Waals surface area contributed by atoms with Crippen molar-refractivity contribution in [3.63, 3.8) is 0 Å². The molecule has 0 aliphatic heterocycles. The largest absolute Gasteiger partial charge is 0.493 e. The van der Waals surface area contributed by atoms with Gasteiger partial charge in [0.05, 0.1) is 25.0 Å². The third kappa shape index (κ3) is 4.38. The van der Waals surface area contributed by atoms with Gasteiger partial charge in [-0.3, -0.25) is 4.79 Å². The zero-order chi connectivity index (χ0) is 19.2. The highest BCUT2D eigenvalue weighted by Gasteiger charge is 2.11. The minimum atomic E-state index is -0.291. The maximum absolute atomic E-state index is 12.3. The van der Waals surface area contributed by atoms with E-state index in [9.17, 15) is 4.79 Å². The van der Waals surface area contributed by atoms with Crippen LogP contribution in [0.25, 0.3) is 10.8 Å². The van der Waals surface area contributed by atoms with Gasteiger partial charge in [0.2, 0.25) is 0 Å². The summed E-state index contributed by atoms with van der Waals surface area (Å²) in [4.78, 5) is 12.3. The highest BCUT2D eigenvalue weighted by Crippen LogP contribution is 2.35. The second kappa shape index (κ2) is 8.56.